The summed E-state index contributed by atoms with van der Waals surface area (Å²) in [5.41, 5.74) is 0.823. The molecule has 1 fully saturated rings. The van der Waals surface area contributed by atoms with E-state index in [0.29, 0.717) is 38.9 Å². The number of carbonyl (C=O) groups excluding carboxylic acids is 1. The van der Waals surface area contributed by atoms with E-state index < -0.39 is 15.8 Å². The van der Waals surface area contributed by atoms with Gasteiger partial charge in [0.15, 0.2) is 0 Å². The Hall–Kier alpha value is -1.94. The first kappa shape index (κ1) is 22.7. The van der Waals surface area contributed by atoms with Crippen LogP contribution in [0.5, 0.6) is 0 Å². The number of halogens is 1. The molecule has 0 unspecified atom stereocenters. The molecule has 1 amide bonds. The van der Waals surface area contributed by atoms with Gasteiger partial charge in [0.2, 0.25) is 15.9 Å². The highest BCUT2D eigenvalue weighted by atomic mass is 32.2. The number of piperidine rings is 1. The van der Waals surface area contributed by atoms with Crippen LogP contribution in [0.2, 0.25) is 0 Å². The molecule has 0 atom stereocenters. The molecule has 6 nitrogen and oxygen atoms in total. The molecule has 2 aromatic rings. The maximum absolute atomic E-state index is 13.0. The SMILES string of the molecule is CSc1ccccc1NC(=O)CCN1CCC(NS(=O)(=O)c2ccc(F)cc2)CC1. The Morgan fingerprint density at radius 2 is 1.80 bits per heavy atom. The van der Waals surface area contributed by atoms with E-state index in [4.69, 9.17) is 0 Å². The minimum atomic E-state index is -3.66. The van der Waals surface area contributed by atoms with Gasteiger partial charge in [-0.15, -0.1) is 11.8 Å². The lowest BCUT2D eigenvalue weighted by Gasteiger charge is -2.32. The Kier molecular flexibility index (Phi) is 7.87. The maximum Gasteiger partial charge on any atom is 0.240 e. The van der Waals surface area contributed by atoms with Crippen molar-refractivity contribution in [1.29, 1.82) is 0 Å². The minimum Gasteiger partial charge on any atom is -0.325 e. The van der Waals surface area contributed by atoms with Gasteiger partial charge in [-0.25, -0.2) is 17.5 Å². The van der Waals surface area contributed by atoms with E-state index in [1.165, 1.54) is 12.1 Å². The van der Waals surface area contributed by atoms with Gasteiger partial charge in [0.25, 0.3) is 0 Å². The molecule has 1 aliphatic heterocycles. The van der Waals surface area contributed by atoms with Gasteiger partial charge >= 0.3 is 0 Å². The van der Waals surface area contributed by atoms with E-state index in [2.05, 4.69) is 14.9 Å². The van der Waals surface area contributed by atoms with Crippen molar-refractivity contribution >= 4 is 33.4 Å². The number of carbonyl (C=O) groups is 1. The molecule has 1 aliphatic rings. The molecule has 9 heteroatoms. The number of rotatable bonds is 8. The lowest BCUT2D eigenvalue weighted by Crippen LogP contribution is -2.45. The summed E-state index contributed by atoms with van der Waals surface area (Å²) in [6.45, 7) is 2.06. The first-order chi connectivity index (χ1) is 14.4. The average molecular weight is 452 g/mol. The molecule has 0 saturated carbocycles. The monoisotopic (exact) mass is 451 g/mol. The number of sulfonamides is 1. The normalized spacial score (nSPS) is 15.8. The van der Waals surface area contributed by atoms with Crippen molar-refractivity contribution in [1.82, 2.24) is 9.62 Å². The zero-order valence-electron chi connectivity index (χ0n) is 16.8. The highest BCUT2D eigenvalue weighted by Crippen LogP contribution is 2.24. The summed E-state index contributed by atoms with van der Waals surface area (Å²) in [5, 5.41) is 2.96. The summed E-state index contributed by atoms with van der Waals surface area (Å²) in [4.78, 5) is 15.6. The number of anilines is 1. The smallest absolute Gasteiger partial charge is 0.240 e. The first-order valence-electron chi connectivity index (χ1n) is 9.80. The fourth-order valence-corrected chi connectivity index (χ4v) is 5.25. The van der Waals surface area contributed by atoms with Crippen molar-refractivity contribution in [2.75, 3.05) is 31.2 Å². The quantitative estimate of drug-likeness (QED) is 0.602. The van der Waals surface area contributed by atoms with Crippen LogP contribution < -0.4 is 10.0 Å². The van der Waals surface area contributed by atoms with Crippen LogP contribution >= 0.6 is 11.8 Å². The minimum absolute atomic E-state index is 0.0318. The number of amides is 1. The molecule has 0 aromatic heterocycles. The van der Waals surface area contributed by atoms with Crippen molar-refractivity contribution in [3.8, 4) is 0 Å². The Labute approximate surface area is 181 Å². The second kappa shape index (κ2) is 10.4. The molecule has 30 heavy (non-hydrogen) atoms. The largest absolute Gasteiger partial charge is 0.325 e. The van der Waals surface area contributed by atoms with Crippen LogP contribution in [-0.2, 0) is 14.8 Å². The maximum atomic E-state index is 13.0. The van der Waals surface area contributed by atoms with Gasteiger partial charge in [0.05, 0.1) is 10.6 Å². The van der Waals surface area contributed by atoms with Crippen molar-refractivity contribution < 1.29 is 17.6 Å². The predicted octanol–water partition coefficient (Wildman–Crippen LogP) is 3.32. The number of nitrogens with one attached hydrogen (secondary N) is 2. The average Bonchev–Trinajstić information content (AvgIpc) is 2.74. The van der Waals surface area contributed by atoms with Crippen LogP contribution in [0.15, 0.2) is 58.3 Å². The molecule has 2 N–H and O–H groups in total. The molecule has 0 bridgehead atoms. The van der Waals surface area contributed by atoms with Gasteiger partial charge in [-0.2, -0.15) is 0 Å². The Bertz CT molecular complexity index is 960. The molecule has 0 aliphatic carbocycles. The predicted molar refractivity (Wildman–Crippen MR) is 118 cm³/mol. The molecule has 2 aromatic carbocycles. The fraction of sp³-hybridized carbons (Fsp3) is 0.381. The van der Waals surface area contributed by atoms with E-state index in [-0.39, 0.29) is 16.8 Å². The van der Waals surface area contributed by atoms with Gasteiger partial charge in [-0.3, -0.25) is 4.79 Å². The molecule has 0 spiro atoms. The standard InChI is InChI=1S/C21H26FN3O3S2/c1-29-20-5-3-2-4-19(20)23-21(26)12-15-25-13-10-17(11-14-25)24-30(27,28)18-8-6-16(22)7-9-18/h2-9,17,24H,10-15H2,1H3,(H,23,26). The van der Waals surface area contributed by atoms with Crippen molar-refractivity contribution in [3.63, 3.8) is 0 Å². The summed E-state index contributed by atoms with van der Waals surface area (Å²) in [6, 6.07) is 12.3. The fourth-order valence-electron chi connectivity index (χ4n) is 3.40. The third kappa shape index (κ3) is 6.28. The Morgan fingerprint density at radius 1 is 1.13 bits per heavy atom. The number of hydrogen-bond acceptors (Lipinski definition) is 5. The second-order valence-corrected chi connectivity index (χ2v) is 9.75. The molecule has 162 valence electrons. The molecule has 1 heterocycles. The summed E-state index contributed by atoms with van der Waals surface area (Å²) >= 11 is 1.59. The summed E-state index contributed by atoms with van der Waals surface area (Å²) < 4.78 is 40.6. The van der Waals surface area contributed by atoms with Crippen LogP contribution in [0.4, 0.5) is 10.1 Å². The van der Waals surface area contributed by atoms with Crippen LogP contribution in [0, 0.1) is 5.82 Å². The highest BCUT2D eigenvalue weighted by Gasteiger charge is 2.25. The number of hydrogen-bond donors (Lipinski definition) is 2. The van der Waals surface area contributed by atoms with Crippen molar-refractivity contribution in [3.05, 3.63) is 54.3 Å². The molecular weight excluding hydrogens is 425 g/mol. The number of para-hydroxylation sites is 1. The van der Waals surface area contributed by atoms with Crippen LogP contribution in [-0.4, -0.2) is 51.2 Å². The number of thioether (sulfide) groups is 1. The molecule has 1 saturated heterocycles. The van der Waals surface area contributed by atoms with Crippen LogP contribution in [0.25, 0.3) is 0 Å². The van der Waals surface area contributed by atoms with Crippen LogP contribution in [0.3, 0.4) is 0 Å². The third-order valence-corrected chi connectivity index (χ3v) is 7.40. The number of nitrogens with zero attached hydrogens (tertiary/aromatic N) is 1. The van der Waals surface area contributed by atoms with E-state index in [9.17, 15) is 17.6 Å². The summed E-state index contributed by atoms with van der Waals surface area (Å²) in [5.74, 6) is -0.501. The third-order valence-electron chi connectivity index (χ3n) is 5.07. The number of likely N-dealkylation sites (tertiary alicyclic amines) is 1. The topological polar surface area (TPSA) is 78.5 Å². The summed E-state index contributed by atoms with van der Waals surface area (Å²) in [7, 11) is -3.66. The lowest BCUT2D eigenvalue weighted by molar-refractivity contribution is -0.116. The van der Waals surface area contributed by atoms with E-state index >= 15 is 0 Å². The van der Waals surface area contributed by atoms with Gasteiger partial charge in [-0.05, 0) is 68.6 Å². The highest BCUT2D eigenvalue weighted by molar-refractivity contribution is 7.98. The zero-order chi connectivity index (χ0) is 21.6. The van der Waals surface area contributed by atoms with Crippen molar-refractivity contribution in [2.45, 2.75) is 35.1 Å². The van der Waals surface area contributed by atoms with E-state index in [1.807, 2.05) is 30.5 Å². The van der Waals surface area contributed by atoms with Gasteiger partial charge in [-0.1, -0.05) is 12.1 Å². The molecule has 0 radical (unpaired) electrons. The molecule has 3 rings (SSSR count). The van der Waals surface area contributed by atoms with Gasteiger partial charge in [0.1, 0.15) is 5.82 Å². The summed E-state index contributed by atoms with van der Waals surface area (Å²) in [6.07, 6.45) is 3.68. The van der Waals surface area contributed by atoms with Crippen molar-refractivity contribution in [2.24, 2.45) is 0 Å². The Morgan fingerprint density at radius 3 is 2.47 bits per heavy atom. The molecular formula is C21H26FN3O3S2. The van der Waals surface area contributed by atoms with Gasteiger partial charge < -0.3 is 10.2 Å². The van der Waals surface area contributed by atoms with E-state index in [0.717, 1.165) is 22.7 Å². The first-order valence-corrected chi connectivity index (χ1v) is 12.5. The zero-order valence-corrected chi connectivity index (χ0v) is 18.4. The second-order valence-electron chi connectivity index (χ2n) is 7.19. The van der Waals surface area contributed by atoms with Crippen LogP contribution in [0.1, 0.15) is 19.3 Å². The lowest BCUT2D eigenvalue weighted by atomic mass is 10.1. The Balaban J connectivity index is 1.43. The van der Waals surface area contributed by atoms with Gasteiger partial charge in [0, 0.05) is 23.9 Å². The number of benzene rings is 2. The van der Waals surface area contributed by atoms with E-state index in [1.54, 1.807) is 11.8 Å².